The van der Waals surface area contributed by atoms with Gasteiger partial charge in [-0.15, -0.1) is 0 Å². The summed E-state index contributed by atoms with van der Waals surface area (Å²) in [5.74, 6) is -5.15. The quantitative estimate of drug-likeness (QED) is 0.140. The highest BCUT2D eigenvalue weighted by Crippen LogP contribution is 2.40. The van der Waals surface area contributed by atoms with Gasteiger partial charge in [0.15, 0.2) is 6.29 Å². The summed E-state index contributed by atoms with van der Waals surface area (Å²) in [6, 6.07) is 11.0. The zero-order chi connectivity index (χ0) is 45.4. The summed E-state index contributed by atoms with van der Waals surface area (Å²) in [5, 5.41) is 44.9. The molecule has 2 heterocycles. The maximum atomic E-state index is 14.0. The van der Waals surface area contributed by atoms with Crippen molar-refractivity contribution in [3.8, 4) is 0 Å². The van der Waals surface area contributed by atoms with E-state index < -0.39 is 89.2 Å². The van der Waals surface area contributed by atoms with E-state index >= 15 is 0 Å². The van der Waals surface area contributed by atoms with Crippen LogP contribution in [-0.4, -0.2) is 125 Å². The number of aliphatic hydroxyl groups is 3. The number of likely N-dealkylation sites (N-methyl/N-ethyl adjacent to an activating group) is 1. The molecule has 3 N–H and O–H groups in total. The van der Waals surface area contributed by atoms with Gasteiger partial charge in [-0.3, -0.25) is 9.59 Å². The van der Waals surface area contributed by atoms with E-state index in [4.69, 9.17) is 28.8 Å². The first-order chi connectivity index (χ1) is 28.6. The number of methoxy groups -OCH3 is 1. The molecule has 0 saturated carbocycles. The molecule has 340 valence electrons. The molecule has 0 radical (unpaired) electrons. The number of benzene rings is 2. The zero-order valence-corrected chi connectivity index (χ0v) is 37.5. The van der Waals surface area contributed by atoms with Crippen LogP contribution in [0.4, 0.5) is 8.78 Å². The largest absolute Gasteiger partial charge is 0.465 e. The Bertz CT molecular complexity index is 1810. The van der Waals surface area contributed by atoms with Crippen molar-refractivity contribution in [2.45, 2.75) is 142 Å². The lowest BCUT2D eigenvalue weighted by atomic mass is 9.74. The topological polar surface area (TPSA) is 169 Å². The fourth-order valence-corrected chi connectivity index (χ4v) is 8.68. The Hall–Kier alpha value is -3.70. The summed E-state index contributed by atoms with van der Waals surface area (Å²) in [6.45, 7) is 13.6. The number of halogens is 2. The molecule has 2 aliphatic rings. The van der Waals surface area contributed by atoms with Gasteiger partial charge in [0, 0.05) is 30.7 Å². The van der Waals surface area contributed by atoms with E-state index in [9.17, 15) is 33.7 Å². The molecular weight excluding hydrogens is 793 g/mol. The molecule has 2 saturated heterocycles. The summed E-state index contributed by atoms with van der Waals surface area (Å²) in [7, 11) is 5.23. The van der Waals surface area contributed by atoms with Crippen LogP contribution < -0.4 is 0 Å². The van der Waals surface area contributed by atoms with Gasteiger partial charge in [-0.1, -0.05) is 52.0 Å². The Kier molecular flexibility index (Phi) is 17.7. The van der Waals surface area contributed by atoms with Crippen molar-refractivity contribution < 1.29 is 57.4 Å². The van der Waals surface area contributed by atoms with Crippen molar-refractivity contribution in [1.29, 1.82) is 0 Å². The maximum Gasteiger partial charge on any atom is 0.310 e. The Morgan fingerprint density at radius 3 is 2.15 bits per heavy atom. The molecule has 4 rings (SSSR count). The zero-order valence-electron chi connectivity index (χ0n) is 37.5. The first kappa shape index (κ1) is 50.0. The van der Waals surface area contributed by atoms with Gasteiger partial charge >= 0.3 is 11.9 Å². The van der Waals surface area contributed by atoms with Crippen LogP contribution in [0.15, 0.2) is 58.7 Å². The predicted molar refractivity (Wildman–Crippen MR) is 227 cm³/mol. The number of carbonyl (C=O) groups is 2. The Morgan fingerprint density at radius 2 is 1.57 bits per heavy atom. The molecule has 61 heavy (non-hydrogen) atoms. The lowest BCUT2D eigenvalue weighted by Gasteiger charge is -2.48. The van der Waals surface area contributed by atoms with E-state index in [1.54, 1.807) is 39.8 Å². The fraction of sp³-hybridized carbons (Fsp3) is 0.652. The van der Waals surface area contributed by atoms with Crippen LogP contribution >= 0.6 is 0 Å². The molecule has 2 aromatic rings. The van der Waals surface area contributed by atoms with E-state index in [0.717, 1.165) is 0 Å². The average molecular weight is 860 g/mol. The number of rotatable bonds is 11. The molecule has 13 atom stereocenters. The smallest absolute Gasteiger partial charge is 0.310 e. The third-order valence-corrected chi connectivity index (χ3v) is 12.4. The number of aliphatic hydroxyl groups excluding tert-OH is 2. The molecule has 0 bridgehead atoms. The highest BCUT2D eigenvalue weighted by Gasteiger charge is 2.51. The second-order valence-electron chi connectivity index (χ2n) is 17.6. The minimum absolute atomic E-state index is 0.0375. The number of hydrogen-bond acceptors (Lipinski definition) is 13. The number of hydrogen-bond donors (Lipinski definition) is 3. The molecule has 13 unspecified atom stereocenters. The Labute approximate surface area is 359 Å². The van der Waals surface area contributed by atoms with Gasteiger partial charge in [0.05, 0.1) is 48.6 Å². The Morgan fingerprint density at radius 1 is 0.967 bits per heavy atom. The third kappa shape index (κ3) is 12.7. The predicted octanol–water partition coefficient (Wildman–Crippen LogP) is 5.88. The highest BCUT2D eigenvalue weighted by molar-refractivity contribution is 5.99. The fourth-order valence-electron chi connectivity index (χ4n) is 8.68. The molecule has 2 aromatic carbocycles. The third-order valence-electron chi connectivity index (χ3n) is 12.4. The van der Waals surface area contributed by atoms with Gasteiger partial charge < -0.3 is 43.9 Å². The molecule has 0 amide bonds. The van der Waals surface area contributed by atoms with E-state index in [2.05, 4.69) is 5.10 Å². The van der Waals surface area contributed by atoms with Crippen LogP contribution in [0.1, 0.15) is 92.2 Å². The molecule has 2 aliphatic heterocycles. The summed E-state index contributed by atoms with van der Waals surface area (Å²) in [5.41, 5.74) is -1.24. The van der Waals surface area contributed by atoms with Crippen molar-refractivity contribution >= 4 is 23.4 Å². The van der Waals surface area contributed by atoms with Gasteiger partial charge in [0.2, 0.25) is 0 Å². The minimum atomic E-state index is -1.94. The van der Waals surface area contributed by atoms with Crippen LogP contribution in [0.25, 0.3) is 0 Å². The van der Waals surface area contributed by atoms with Crippen LogP contribution in [-0.2, 0) is 39.7 Å². The summed E-state index contributed by atoms with van der Waals surface area (Å²) in [6.07, 6.45) is -5.49. The van der Waals surface area contributed by atoms with Gasteiger partial charge in [0.25, 0.3) is 0 Å². The van der Waals surface area contributed by atoms with Crippen LogP contribution in [0.2, 0.25) is 0 Å². The molecule has 0 aliphatic carbocycles. The molecule has 2 fully saturated rings. The second-order valence-corrected chi connectivity index (χ2v) is 17.6. The molecule has 15 heteroatoms. The lowest BCUT2D eigenvalue weighted by Crippen LogP contribution is -2.59. The van der Waals surface area contributed by atoms with E-state index in [1.165, 1.54) is 50.4 Å². The van der Waals surface area contributed by atoms with Crippen LogP contribution in [0.5, 0.6) is 0 Å². The second kappa shape index (κ2) is 21.6. The maximum absolute atomic E-state index is 14.0. The lowest BCUT2D eigenvalue weighted by molar-refractivity contribution is -0.299. The SMILES string of the molecule is CCC1OC(=O)C(C)CC(COC(=O)Cc2ccc(F)cc2)C(OC2OC(C)CC(N(C)C)C2O)C(C)(OC)CC(C)C(=NN=C(C)c2ccc(F)cc2)C(C)C(O)C1(C)O. The van der Waals surface area contributed by atoms with Crippen LogP contribution in [0, 0.1) is 35.3 Å². The van der Waals surface area contributed by atoms with E-state index in [1.807, 2.05) is 39.8 Å². The molecular formula is C46H67F2N3O10. The number of nitrogens with zero attached hydrogens (tertiary/aromatic N) is 3. The van der Waals surface area contributed by atoms with E-state index in [0.29, 0.717) is 29.0 Å². The summed E-state index contributed by atoms with van der Waals surface area (Å²) >= 11 is 0. The monoisotopic (exact) mass is 859 g/mol. The number of esters is 2. The van der Waals surface area contributed by atoms with Gasteiger partial charge in [-0.05, 0) is 109 Å². The van der Waals surface area contributed by atoms with Crippen molar-refractivity contribution in [2.75, 3.05) is 27.8 Å². The minimum Gasteiger partial charge on any atom is -0.465 e. The van der Waals surface area contributed by atoms with E-state index in [-0.39, 0.29) is 44.4 Å². The first-order valence-corrected chi connectivity index (χ1v) is 21.2. The number of cyclic esters (lactones) is 1. The van der Waals surface area contributed by atoms with Crippen LogP contribution in [0.3, 0.4) is 0 Å². The standard InChI is InChI=1S/C46H67F2N3O10/c1-12-37-46(8,56)41(54)29(5)39(50-49-30(6)32-15-19-35(48)20-16-32)27(3)24-45(7,57-11)42(61-44-40(53)36(51(9)10)22-28(4)59-44)33(21-26(2)43(55)60-37)25-58-38(52)23-31-13-17-34(47)18-14-31/h13-20,26-29,33,36-37,40-42,44,53-54,56H,12,21-25H2,1-11H3. The highest BCUT2D eigenvalue weighted by atomic mass is 19.1. The van der Waals surface area contributed by atoms with Crippen molar-refractivity contribution in [2.24, 2.45) is 33.9 Å². The molecule has 0 aromatic heterocycles. The first-order valence-electron chi connectivity index (χ1n) is 21.2. The summed E-state index contributed by atoms with van der Waals surface area (Å²) in [4.78, 5) is 29.3. The Balaban J connectivity index is 1.88. The van der Waals surface area contributed by atoms with Crippen molar-refractivity contribution in [3.05, 3.63) is 71.3 Å². The van der Waals surface area contributed by atoms with Gasteiger partial charge in [-0.2, -0.15) is 10.2 Å². The van der Waals surface area contributed by atoms with Crippen molar-refractivity contribution in [1.82, 2.24) is 4.90 Å². The molecule has 13 nitrogen and oxygen atoms in total. The average Bonchev–Trinajstić information content (AvgIpc) is 3.21. The van der Waals surface area contributed by atoms with Crippen molar-refractivity contribution in [3.63, 3.8) is 0 Å². The van der Waals surface area contributed by atoms with Gasteiger partial charge in [-0.25, -0.2) is 8.78 Å². The number of ether oxygens (including phenoxy) is 5. The normalized spacial score (nSPS) is 35.4. The van der Waals surface area contributed by atoms with Gasteiger partial charge in [0.1, 0.15) is 29.4 Å². The summed E-state index contributed by atoms with van der Waals surface area (Å²) < 4.78 is 58.9. The molecule has 0 spiro atoms. The number of carbonyl (C=O) groups excluding carboxylic acids is 2.